The minimum absolute atomic E-state index is 0.172. The van der Waals surface area contributed by atoms with Gasteiger partial charge in [0, 0.05) is 12.2 Å². The molecule has 4 nitrogen and oxygen atoms in total. The number of para-hydroxylation sites is 1. The highest BCUT2D eigenvalue weighted by atomic mass is 16.5. The van der Waals surface area contributed by atoms with Gasteiger partial charge in [0.05, 0.1) is 12.7 Å². The normalized spacial score (nSPS) is 10.1. The SMILES string of the molecule is COc1ccc(C)cc1C(=O)NCc1ccccc1N. The molecule has 2 aromatic rings. The minimum Gasteiger partial charge on any atom is -0.496 e. The van der Waals surface area contributed by atoms with E-state index in [4.69, 9.17) is 10.5 Å². The van der Waals surface area contributed by atoms with Crippen LogP contribution in [0.2, 0.25) is 0 Å². The van der Waals surface area contributed by atoms with Gasteiger partial charge in [0.2, 0.25) is 0 Å². The van der Waals surface area contributed by atoms with Crippen molar-refractivity contribution in [3.63, 3.8) is 0 Å². The number of benzene rings is 2. The van der Waals surface area contributed by atoms with Gasteiger partial charge in [-0.15, -0.1) is 0 Å². The summed E-state index contributed by atoms with van der Waals surface area (Å²) in [5, 5.41) is 2.86. The average Bonchev–Trinajstić information content (AvgIpc) is 2.46. The number of rotatable bonds is 4. The van der Waals surface area contributed by atoms with Gasteiger partial charge in [0.25, 0.3) is 5.91 Å². The summed E-state index contributed by atoms with van der Waals surface area (Å²) in [5.74, 6) is 0.392. The number of nitrogens with one attached hydrogen (secondary N) is 1. The Morgan fingerprint density at radius 2 is 2.00 bits per heavy atom. The topological polar surface area (TPSA) is 64.3 Å². The van der Waals surface area contributed by atoms with Crippen LogP contribution in [0.5, 0.6) is 5.75 Å². The van der Waals surface area contributed by atoms with Crippen molar-refractivity contribution in [2.75, 3.05) is 12.8 Å². The number of carbonyl (C=O) groups is 1. The van der Waals surface area contributed by atoms with Crippen LogP contribution in [0.1, 0.15) is 21.5 Å². The van der Waals surface area contributed by atoms with E-state index >= 15 is 0 Å². The molecule has 0 aliphatic heterocycles. The maximum Gasteiger partial charge on any atom is 0.255 e. The maximum atomic E-state index is 12.2. The van der Waals surface area contributed by atoms with Gasteiger partial charge in [-0.1, -0.05) is 29.8 Å². The van der Waals surface area contributed by atoms with Crippen molar-refractivity contribution in [2.45, 2.75) is 13.5 Å². The predicted octanol–water partition coefficient (Wildman–Crippen LogP) is 2.52. The molecule has 0 unspecified atom stereocenters. The first-order valence-corrected chi connectivity index (χ1v) is 6.38. The zero-order valence-electron chi connectivity index (χ0n) is 11.6. The van der Waals surface area contributed by atoms with Gasteiger partial charge in [-0.3, -0.25) is 4.79 Å². The minimum atomic E-state index is -0.172. The standard InChI is InChI=1S/C16H18N2O2/c1-11-7-8-15(20-2)13(9-11)16(19)18-10-12-5-3-4-6-14(12)17/h3-9H,10,17H2,1-2H3,(H,18,19). The highest BCUT2D eigenvalue weighted by molar-refractivity contribution is 5.97. The van der Waals surface area contributed by atoms with Crippen LogP contribution in [0.4, 0.5) is 5.69 Å². The lowest BCUT2D eigenvalue weighted by molar-refractivity contribution is 0.0948. The summed E-state index contributed by atoms with van der Waals surface area (Å²) in [4.78, 5) is 12.2. The van der Waals surface area contributed by atoms with Crippen LogP contribution >= 0.6 is 0 Å². The Balaban J connectivity index is 2.13. The molecule has 0 saturated carbocycles. The summed E-state index contributed by atoms with van der Waals surface area (Å²) < 4.78 is 5.21. The smallest absolute Gasteiger partial charge is 0.255 e. The zero-order chi connectivity index (χ0) is 14.5. The lowest BCUT2D eigenvalue weighted by atomic mass is 10.1. The molecule has 0 aliphatic rings. The Labute approximate surface area is 118 Å². The first-order chi connectivity index (χ1) is 9.61. The second-order valence-electron chi connectivity index (χ2n) is 4.59. The molecular weight excluding hydrogens is 252 g/mol. The number of amides is 1. The number of aryl methyl sites for hydroxylation is 1. The largest absolute Gasteiger partial charge is 0.496 e. The van der Waals surface area contributed by atoms with E-state index < -0.39 is 0 Å². The van der Waals surface area contributed by atoms with Crippen LogP contribution in [0.3, 0.4) is 0 Å². The fourth-order valence-corrected chi connectivity index (χ4v) is 1.97. The van der Waals surface area contributed by atoms with Crippen LogP contribution in [-0.2, 0) is 6.54 Å². The molecule has 0 aromatic heterocycles. The number of methoxy groups -OCH3 is 1. The fourth-order valence-electron chi connectivity index (χ4n) is 1.97. The van der Waals surface area contributed by atoms with E-state index in [9.17, 15) is 4.79 Å². The Morgan fingerprint density at radius 1 is 1.25 bits per heavy atom. The van der Waals surface area contributed by atoms with Crippen LogP contribution in [-0.4, -0.2) is 13.0 Å². The molecule has 3 N–H and O–H groups in total. The van der Waals surface area contributed by atoms with Gasteiger partial charge in [-0.2, -0.15) is 0 Å². The summed E-state index contributed by atoms with van der Waals surface area (Å²) in [6, 6.07) is 13.0. The third-order valence-electron chi connectivity index (χ3n) is 3.09. The molecule has 4 heteroatoms. The molecule has 0 bridgehead atoms. The first-order valence-electron chi connectivity index (χ1n) is 6.38. The zero-order valence-corrected chi connectivity index (χ0v) is 11.6. The van der Waals surface area contributed by atoms with E-state index in [-0.39, 0.29) is 5.91 Å². The molecule has 0 aliphatic carbocycles. The predicted molar refractivity (Wildman–Crippen MR) is 79.8 cm³/mol. The van der Waals surface area contributed by atoms with E-state index in [2.05, 4.69) is 5.32 Å². The number of carbonyl (C=O) groups excluding carboxylic acids is 1. The number of nitrogen functional groups attached to an aromatic ring is 1. The Kier molecular flexibility index (Phi) is 4.25. The quantitative estimate of drug-likeness (QED) is 0.839. The molecule has 1 amide bonds. The van der Waals surface area contributed by atoms with E-state index in [0.717, 1.165) is 11.1 Å². The van der Waals surface area contributed by atoms with Crippen molar-refractivity contribution in [3.05, 3.63) is 59.2 Å². The molecule has 0 saturated heterocycles. The van der Waals surface area contributed by atoms with Gasteiger partial charge in [0.1, 0.15) is 5.75 Å². The van der Waals surface area contributed by atoms with Gasteiger partial charge < -0.3 is 15.8 Å². The van der Waals surface area contributed by atoms with Gasteiger partial charge >= 0.3 is 0 Å². The summed E-state index contributed by atoms with van der Waals surface area (Å²) in [5.41, 5.74) is 8.95. The number of ether oxygens (including phenoxy) is 1. The molecule has 2 aromatic carbocycles. The highest BCUT2D eigenvalue weighted by Crippen LogP contribution is 2.19. The third kappa shape index (κ3) is 3.09. The highest BCUT2D eigenvalue weighted by Gasteiger charge is 2.12. The van der Waals surface area contributed by atoms with Crippen LogP contribution in [0.15, 0.2) is 42.5 Å². The molecule has 20 heavy (non-hydrogen) atoms. The van der Waals surface area contributed by atoms with Crippen molar-refractivity contribution < 1.29 is 9.53 Å². The molecule has 0 atom stereocenters. The van der Waals surface area contributed by atoms with Crippen molar-refractivity contribution in [1.82, 2.24) is 5.32 Å². The van der Waals surface area contributed by atoms with Crippen LogP contribution in [0.25, 0.3) is 0 Å². The number of anilines is 1. The van der Waals surface area contributed by atoms with Crippen LogP contribution in [0, 0.1) is 6.92 Å². The van der Waals surface area contributed by atoms with Gasteiger partial charge in [-0.05, 0) is 30.7 Å². The molecule has 0 radical (unpaired) electrons. The van der Waals surface area contributed by atoms with Gasteiger partial charge in [-0.25, -0.2) is 0 Å². The molecule has 104 valence electrons. The Morgan fingerprint density at radius 3 is 2.70 bits per heavy atom. The van der Waals surface area contributed by atoms with E-state index in [1.165, 1.54) is 0 Å². The Bertz CT molecular complexity index is 624. The van der Waals surface area contributed by atoms with Gasteiger partial charge in [0.15, 0.2) is 0 Å². The lowest BCUT2D eigenvalue weighted by Gasteiger charge is -2.11. The molecular formula is C16H18N2O2. The summed E-state index contributed by atoms with van der Waals surface area (Å²) in [6.45, 7) is 2.33. The fraction of sp³-hybridized carbons (Fsp3) is 0.188. The van der Waals surface area contributed by atoms with Crippen molar-refractivity contribution in [2.24, 2.45) is 0 Å². The van der Waals surface area contributed by atoms with E-state index in [1.807, 2.05) is 43.3 Å². The van der Waals surface area contributed by atoms with Crippen molar-refractivity contribution in [1.29, 1.82) is 0 Å². The number of hydrogen-bond donors (Lipinski definition) is 2. The van der Waals surface area contributed by atoms with Crippen LogP contribution < -0.4 is 15.8 Å². The second-order valence-corrected chi connectivity index (χ2v) is 4.59. The summed E-state index contributed by atoms with van der Waals surface area (Å²) in [7, 11) is 1.55. The monoisotopic (exact) mass is 270 g/mol. The second kappa shape index (κ2) is 6.10. The Hall–Kier alpha value is -2.49. The molecule has 0 heterocycles. The number of hydrogen-bond acceptors (Lipinski definition) is 3. The van der Waals surface area contributed by atoms with E-state index in [1.54, 1.807) is 13.2 Å². The molecule has 2 rings (SSSR count). The summed E-state index contributed by atoms with van der Waals surface area (Å²) in [6.07, 6.45) is 0. The molecule has 0 spiro atoms. The lowest BCUT2D eigenvalue weighted by Crippen LogP contribution is -2.24. The van der Waals surface area contributed by atoms with E-state index in [0.29, 0.717) is 23.5 Å². The van der Waals surface area contributed by atoms with Crippen molar-refractivity contribution >= 4 is 11.6 Å². The number of nitrogens with two attached hydrogens (primary N) is 1. The maximum absolute atomic E-state index is 12.2. The molecule has 0 fully saturated rings. The van der Waals surface area contributed by atoms with Crippen molar-refractivity contribution in [3.8, 4) is 5.75 Å². The third-order valence-corrected chi connectivity index (χ3v) is 3.09. The first kappa shape index (κ1) is 13.9. The average molecular weight is 270 g/mol. The summed E-state index contributed by atoms with van der Waals surface area (Å²) >= 11 is 0.